The molecule has 0 aromatic heterocycles. The first kappa shape index (κ1) is 11.7. The van der Waals surface area contributed by atoms with Gasteiger partial charge < -0.3 is 10.2 Å². The molecule has 9 heavy (non-hydrogen) atoms. The molecule has 5 heteroatoms. The first-order valence-corrected chi connectivity index (χ1v) is 4.56. The maximum atomic E-state index is 9.43. The van der Waals surface area contributed by atoms with Crippen molar-refractivity contribution in [3.8, 4) is 0 Å². The molecule has 0 amide bonds. The fourth-order valence-electron chi connectivity index (χ4n) is 0.129. The zero-order chi connectivity index (χ0) is 7.86. The van der Waals surface area contributed by atoms with Gasteiger partial charge in [-0.1, -0.05) is 0 Å². The van der Waals surface area contributed by atoms with E-state index in [-0.39, 0.29) is 0 Å². The zero-order valence-electron chi connectivity index (χ0n) is 5.42. The molecule has 0 aliphatic rings. The molecule has 0 radical (unpaired) electrons. The van der Waals surface area contributed by atoms with Crippen LogP contribution >= 0.6 is 0 Å². The van der Waals surface area contributed by atoms with Gasteiger partial charge in [0.15, 0.2) is 0 Å². The van der Waals surface area contributed by atoms with Crippen molar-refractivity contribution in [2.45, 2.75) is 10.6 Å². The second-order valence-corrected chi connectivity index (χ2v) is 0.964. The second kappa shape index (κ2) is 7.94. The average molecular weight is 142 g/mol. The normalized spacial score (nSPS) is 7.00. The van der Waals surface area contributed by atoms with E-state index < -0.39 is 18.4 Å². The number of hydrogen-bond acceptors (Lipinski definition) is 2. The van der Waals surface area contributed by atoms with E-state index in [1.54, 1.807) is 0 Å². The van der Waals surface area contributed by atoms with E-state index in [2.05, 4.69) is 4.17 Å². The summed E-state index contributed by atoms with van der Waals surface area (Å²) in [6.45, 7) is 0. The SMILES string of the molecule is O=C(O)CC(=O)O.[CH3][Na]. The van der Waals surface area contributed by atoms with Crippen molar-refractivity contribution in [1.29, 1.82) is 0 Å². The standard InChI is InChI=1S/C3H4O4.CH3.Na/c4-2(5)1-3(6)7;;/h1H2,(H,4,5)(H,6,7);1H3;. The molecule has 2 N–H and O–H groups in total. The molecule has 4 nitrogen and oxygen atoms in total. The fourth-order valence-corrected chi connectivity index (χ4v) is 0.129. The Kier molecular flexibility index (Phi) is 10.3. The van der Waals surface area contributed by atoms with Crippen LogP contribution in [0.1, 0.15) is 6.42 Å². The predicted octanol–water partition coefficient (Wildman–Crippen LogP) is -0.251. The van der Waals surface area contributed by atoms with Gasteiger partial charge >= 0.3 is 44.0 Å². The van der Waals surface area contributed by atoms with E-state index in [9.17, 15) is 9.59 Å². The monoisotopic (exact) mass is 142 g/mol. The molecule has 0 aliphatic heterocycles. The molecule has 0 unspecified atom stereocenters. The molecule has 0 fully saturated rings. The summed E-state index contributed by atoms with van der Waals surface area (Å²) in [5.74, 6) is -2.62. The van der Waals surface area contributed by atoms with E-state index >= 15 is 0 Å². The third-order valence-electron chi connectivity index (χ3n) is 0.302. The second-order valence-electron chi connectivity index (χ2n) is 0.964. The van der Waals surface area contributed by atoms with Crippen LogP contribution in [0, 0.1) is 0 Å². The van der Waals surface area contributed by atoms with Crippen LogP contribution in [0.2, 0.25) is 4.17 Å². The number of carboxylic acid groups (broad SMARTS) is 2. The fraction of sp³-hybridized carbons (Fsp3) is 0.500. The van der Waals surface area contributed by atoms with Crippen molar-refractivity contribution in [1.82, 2.24) is 0 Å². The van der Waals surface area contributed by atoms with Crippen molar-refractivity contribution in [3.63, 3.8) is 0 Å². The Morgan fingerprint density at radius 1 is 1.22 bits per heavy atom. The molecule has 0 aromatic carbocycles. The number of carbonyl (C=O) groups is 2. The van der Waals surface area contributed by atoms with Crippen molar-refractivity contribution in [2.24, 2.45) is 0 Å². The Morgan fingerprint density at radius 2 is 1.44 bits per heavy atom. The number of hydrogen-bond donors (Lipinski definition) is 2. The van der Waals surface area contributed by atoms with Crippen molar-refractivity contribution in [3.05, 3.63) is 0 Å². The quantitative estimate of drug-likeness (QED) is 0.411. The van der Waals surface area contributed by atoms with E-state index in [4.69, 9.17) is 10.2 Å². The van der Waals surface area contributed by atoms with E-state index in [1.165, 1.54) is 27.9 Å². The topological polar surface area (TPSA) is 74.6 Å². The summed E-state index contributed by atoms with van der Waals surface area (Å²) in [5.41, 5.74) is 0. The summed E-state index contributed by atoms with van der Waals surface area (Å²) in [6, 6.07) is 0. The molecule has 0 atom stereocenters. The van der Waals surface area contributed by atoms with Gasteiger partial charge in [0.2, 0.25) is 0 Å². The molecular weight excluding hydrogens is 135 g/mol. The van der Waals surface area contributed by atoms with E-state index in [0.29, 0.717) is 0 Å². The minimum atomic E-state index is -1.31. The number of aliphatic carboxylic acids is 2. The molecular formula is C4H7NaO4. The van der Waals surface area contributed by atoms with Crippen LogP contribution in [0.3, 0.4) is 0 Å². The van der Waals surface area contributed by atoms with E-state index in [1.807, 2.05) is 0 Å². The van der Waals surface area contributed by atoms with Crippen molar-refractivity contribution < 1.29 is 19.8 Å². The molecule has 0 aromatic rings. The van der Waals surface area contributed by atoms with Gasteiger partial charge in [-0.05, 0) is 0 Å². The van der Waals surface area contributed by atoms with Gasteiger partial charge in [-0.25, -0.2) is 0 Å². The van der Waals surface area contributed by atoms with Gasteiger partial charge in [-0.2, -0.15) is 0 Å². The van der Waals surface area contributed by atoms with Gasteiger partial charge in [0, 0.05) is 0 Å². The summed E-state index contributed by atoms with van der Waals surface area (Å²) in [7, 11) is 0. The summed E-state index contributed by atoms with van der Waals surface area (Å²) in [5, 5.41) is 15.4. The van der Waals surface area contributed by atoms with Gasteiger partial charge in [0.1, 0.15) is 6.42 Å². The van der Waals surface area contributed by atoms with Crippen LogP contribution in [-0.2, 0) is 9.59 Å². The first-order valence-electron chi connectivity index (χ1n) is 2.56. The van der Waals surface area contributed by atoms with Crippen LogP contribution in [0.15, 0.2) is 0 Å². The molecule has 0 aliphatic carbocycles. The molecule has 0 rings (SSSR count). The summed E-state index contributed by atoms with van der Waals surface area (Å²) in [6.07, 6.45) is -0.806. The molecule has 0 spiro atoms. The predicted molar refractivity (Wildman–Crippen MR) is 31.5 cm³/mol. The Morgan fingerprint density at radius 3 is 1.44 bits per heavy atom. The van der Waals surface area contributed by atoms with Crippen LogP contribution < -0.4 is 0 Å². The van der Waals surface area contributed by atoms with Crippen LogP contribution in [0.25, 0.3) is 0 Å². The van der Waals surface area contributed by atoms with E-state index in [0.717, 1.165) is 0 Å². The Balaban J connectivity index is 0. The summed E-state index contributed by atoms with van der Waals surface area (Å²) >= 11 is 1.31. The molecule has 0 saturated carbocycles. The molecule has 48 valence electrons. The molecule has 0 bridgehead atoms. The van der Waals surface area contributed by atoms with Crippen LogP contribution in [0.5, 0.6) is 0 Å². The van der Waals surface area contributed by atoms with Gasteiger partial charge in [0.05, 0.1) is 0 Å². The Bertz CT molecular complexity index is 88.7. The Labute approximate surface area is 70.3 Å². The zero-order valence-corrected chi connectivity index (χ0v) is 7.42. The third kappa shape index (κ3) is 18.0. The Hall–Kier alpha value is -0.0600. The first-order chi connectivity index (χ1) is 4.13. The number of carboxylic acids is 2. The van der Waals surface area contributed by atoms with Crippen LogP contribution in [-0.4, -0.2) is 50.1 Å². The summed E-state index contributed by atoms with van der Waals surface area (Å²) < 4.78 is 2.14. The number of rotatable bonds is 2. The van der Waals surface area contributed by atoms with Gasteiger partial charge in [-0.15, -0.1) is 0 Å². The van der Waals surface area contributed by atoms with Crippen LogP contribution in [0.4, 0.5) is 0 Å². The van der Waals surface area contributed by atoms with Gasteiger partial charge in [0.25, 0.3) is 0 Å². The molecule has 0 saturated heterocycles. The third-order valence-corrected chi connectivity index (χ3v) is 0.302. The van der Waals surface area contributed by atoms with Crippen molar-refractivity contribution >= 4 is 39.9 Å². The average Bonchev–Trinajstić information content (AvgIpc) is 1.68. The van der Waals surface area contributed by atoms with Crippen molar-refractivity contribution in [2.75, 3.05) is 0 Å². The minimum absolute atomic E-state index is 0.806. The molecule has 0 heterocycles. The van der Waals surface area contributed by atoms with Gasteiger partial charge in [-0.3, -0.25) is 9.59 Å². The maximum absolute atomic E-state index is 9.43. The summed E-state index contributed by atoms with van der Waals surface area (Å²) in [4.78, 5) is 18.9.